The van der Waals surface area contributed by atoms with Crippen LogP contribution in [0.1, 0.15) is 18.4 Å². The van der Waals surface area contributed by atoms with Crippen LogP contribution in [0, 0.1) is 17.0 Å². The number of halogens is 2. The first-order valence-corrected chi connectivity index (χ1v) is 4.65. The van der Waals surface area contributed by atoms with Crippen molar-refractivity contribution in [3.8, 4) is 0 Å². The molecule has 14 heavy (non-hydrogen) atoms. The van der Waals surface area contributed by atoms with E-state index in [2.05, 4.69) is 4.98 Å². The highest BCUT2D eigenvalue weighted by molar-refractivity contribution is 5.19. The highest BCUT2D eigenvalue weighted by atomic mass is 19.1. The molecule has 0 saturated heterocycles. The van der Waals surface area contributed by atoms with Crippen LogP contribution < -0.4 is 5.73 Å². The van der Waals surface area contributed by atoms with Gasteiger partial charge in [0.1, 0.15) is 11.6 Å². The Balaban J connectivity index is 2.24. The van der Waals surface area contributed by atoms with Gasteiger partial charge in [0.15, 0.2) is 0 Å². The van der Waals surface area contributed by atoms with Gasteiger partial charge in [0.25, 0.3) is 0 Å². The summed E-state index contributed by atoms with van der Waals surface area (Å²) in [4.78, 5) is 3.44. The Hall–Kier alpha value is -1.03. The van der Waals surface area contributed by atoms with Crippen molar-refractivity contribution in [1.29, 1.82) is 0 Å². The molecule has 4 heteroatoms. The molecule has 0 aromatic carbocycles. The lowest BCUT2D eigenvalue weighted by atomic mass is 9.97. The summed E-state index contributed by atoms with van der Waals surface area (Å²) in [6.45, 7) is 0.494. The van der Waals surface area contributed by atoms with Gasteiger partial charge in [0.05, 0.1) is 12.4 Å². The van der Waals surface area contributed by atoms with Crippen LogP contribution in [0.15, 0.2) is 12.4 Å². The van der Waals surface area contributed by atoms with Gasteiger partial charge in [-0.1, -0.05) is 0 Å². The molecule has 1 aliphatic carbocycles. The van der Waals surface area contributed by atoms with E-state index >= 15 is 0 Å². The number of hydrogen-bond donors (Lipinski definition) is 1. The number of nitrogens with zero attached hydrogens (tertiary/aromatic N) is 1. The number of aromatic nitrogens is 1. The molecule has 0 unspecified atom stereocenters. The maximum atomic E-state index is 13.2. The van der Waals surface area contributed by atoms with E-state index in [0.29, 0.717) is 13.0 Å². The third-order valence-corrected chi connectivity index (χ3v) is 2.89. The van der Waals surface area contributed by atoms with Crippen LogP contribution in [-0.2, 0) is 6.42 Å². The van der Waals surface area contributed by atoms with Gasteiger partial charge in [-0.15, -0.1) is 0 Å². The fraction of sp³-hybridized carbons (Fsp3) is 0.500. The summed E-state index contributed by atoms with van der Waals surface area (Å²) in [5.74, 6) is -1.13. The topological polar surface area (TPSA) is 38.9 Å². The van der Waals surface area contributed by atoms with E-state index in [1.807, 2.05) is 0 Å². The average molecular weight is 198 g/mol. The van der Waals surface area contributed by atoms with Crippen molar-refractivity contribution in [2.45, 2.75) is 19.3 Å². The molecule has 1 aromatic heterocycles. The van der Waals surface area contributed by atoms with E-state index in [9.17, 15) is 8.78 Å². The highest BCUT2D eigenvalue weighted by Crippen LogP contribution is 2.47. The van der Waals surface area contributed by atoms with Crippen molar-refractivity contribution >= 4 is 0 Å². The fourth-order valence-electron chi connectivity index (χ4n) is 1.61. The first-order valence-electron chi connectivity index (χ1n) is 4.65. The Bertz CT molecular complexity index is 328. The van der Waals surface area contributed by atoms with Gasteiger partial charge in [0, 0.05) is 5.56 Å². The maximum Gasteiger partial charge on any atom is 0.147 e. The molecule has 0 aliphatic heterocycles. The molecule has 1 fully saturated rings. The van der Waals surface area contributed by atoms with E-state index in [0.717, 1.165) is 25.2 Å². The summed E-state index contributed by atoms with van der Waals surface area (Å²) in [6, 6.07) is 0. The summed E-state index contributed by atoms with van der Waals surface area (Å²) >= 11 is 0. The van der Waals surface area contributed by atoms with E-state index in [1.54, 1.807) is 0 Å². The van der Waals surface area contributed by atoms with Crippen molar-refractivity contribution in [2.75, 3.05) is 6.54 Å². The molecule has 1 aromatic rings. The minimum absolute atomic E-state index is 0.0525. The molecule has 2 rings (SSSR count). The molecule has 0 atom stereocenters. The summed E-state index contributed by atoms with van der Waals surface area (Å²) in [7, 11) is 0. The molecular formula is C10H12F2N2. The minimum Gasteiger partial charge on any atom is -0.330 e. The van der Waals surface area contributed by atoms with Crippen molar-refractivity contribution in [2.24, 2.45) is 11.1 Å². The first kappa shape index (κ1) is 9.52. The van der Waals surface area contributed by atoms with Gasteiger partial charge >= 0.3 is 0 Å². The molecule has 1 aliphatic rings. The van der Waals surface area contributed by atoms with Gasteiger partial charge in [-0.2, -0.15) is 0 Å². The zero-order chi connectivity index (χ0) is 10.2. The molecule has 1 saturated carbocycles. The predicted molar refractivity (Wildman–Crippen MR) is 48.6 cm³/mol. The van der Waals surface area contributed by atoms with Gasteiger partial charge in [0.2, 0.25) is 0 Å². The van der Waals surface area contributed by atoms with Gasteiger partial charge in [-0.3, -0.25) is 4.98 Å². The standard InChI is InChI=1S/C10H12F2N2/c11-8-4-14-5-9(12)7(8)3-10(6-13)1-2-10/h4-5H,1-3,6,13H2. The van der Waals surface area contributed by atoms with Crippen molar-refractivity contribution < 1.29 is 8.78 Å². The maximum absolute atomic E-state index is 13.2. The molecule has 0 spiro atoms. The highest BCUT2D eigenvalue weighted by Gasteiger charge is 2.42. The lowest BCUT2D eigenvalue weighted by Gasteiger charge is -2.12. The molecule has 76 valence electrons. The van der Waals surface area contributed by atoms with E-state index in [-0.39, 0.29) is 11.0 Å². The lowest BCUT2D eigenvalue weighted by Crippen LogP contribution is -2.19. The second-order valence-corrected chi connectivity index (χ2v) is 3.96. The second kappa shape index (κ2) is 3.28. The Kier molecular flexibility index (Phi) is 2.23. The summed E-state index contributed by atoms with van der Waals surface area (Å²) < 4.78 is 26.4. The van der Waals surface area contributed by atoms with Crippen molar-refractivity contribution in [1.82, 2.24) is 4.98 Å². The zero-order valence-electron chi connectivity index (χ0n) is 7.76. The largest absolute Gasteiger partial charge is 0.330 e. The quantitative estimate of drug-likeness (QED) is 0.801. The van der Waals surface area contributed by atoms with E-state index in [1.165, 1.54) is 0 Å². The SMILES string of the molecule is NCC1(Cc2c(F)cncc2F)CC1. The number of nitrogens with two attached hydrogens (primary N) is 1. The van der Waals surface area contributed by atoms with Crippen molar-refractivity contribution in [3.05, 3.63) is 29.6 Å². The van der Waals surface area contributed by atoms with E-state index < -0.39 is 11.6 Å². The molecular weight excluding hydrogens is 186 g/mol. The number of pyridine rings is 1. The molecule has 1 heterocycles. The normalized spacial score (nSPS) is 18.2. The van der Waals surface area contributed by atoms with Crippen LogP contribution in [0.25, 0.3) is 0 Å². The smallest absolute Gasteiger partial charge is 0.147 e. The van der Waals surface area contributed by atoms with Crippen LogP contribution in [0.3, 0.4) is 0 Å². The van der Waals surface area contributed by atoms with Crippen LogP contribution in [0.5, 0.6) is 0 Å². The Morgan fingerprint density at radius 3 is 2.29 bits per heavy atom. The van der Waals surface area contributed by atoms with Crippen molar-refractivity contribution in [3.63, 3.8) is 0 Å². The van der Waals surface area contributed by atoms with Gasteiger partial charge < -0.3 is 5.73 Å². The monoisotopic (exact) mass is 198 g/mol. The van der Waals surface area contributed by atoms with Crippen LogP contribution >= 0.6 is 0 Å². The molecule has 2 nitrogen and oxygen atoms in total. The second-order valence-electron chi connectivity index (χ2n) is 3.96. The summed E-state index contributed by atoms with van der Waals surface area (Å²) in [5.41, 5.74) is 5.63. The predicted octanol–water partition coefficient (Wildman–Crippen LogP) is 1.64. The average Bonchev–Trinajstić information content (AvgIpc) is 2.93. The Morgan fingerprint density at radius 2 is 1.86 bits per heavy atom. The molecule has 2 N–H and O–H groups in total. The third-order valence-electron chi connectivity index (χ3n) is 2.89. The first-order chi connectivity index (χ1) is 6.67. The van der Waals surface area contributed by atoms with Crippen LogP contribution in [0.4, 0.5) is 8.78 Å². The number of hydrogen-bond acceptors (Lipinski definition) is 2. The zero-order valence-corrected chi connectivity index (χ0v) is 7.76. The fourth-order valence-corrected chi connectivity index (χ4v) is 1.61. The third kappa shape index (κ3) is 1.62. The van der Waals surface area contributed by atoms with Gasteiger partial charge in [-0.05, 0) is 31.2 Å². The summed E-state index contributed by atoms with van der Waals surface area (Å²) in [6.07, 6.45) is 4.41. The Labute approximate surface area is 81.1 Å². The lowest BCUT2D eigenvalue weighted by molar-refractivity contribution is 0.471. The minimum atomic E-state index is -0.565. The summed E-state index contributed by atoms with van der Waals surface area (Å²) in [5, 5.41) is 0. The molecule has 0 bridgehead atoms. The van der Waals surface area contributed by atoms with E-state index in [4.69, 9.17) is 5.73 Å². The molecule has 0 amide bonds. The van der Waals surface area contributed by atoms with Gasteiger partial charge in [-0.25, -0.2) is 8.78 Å². The van der Waals surface area contributed by atoms with Crippen LogP contribution in [-0.4, -0.2) is 11.5 Å². The Morgan fingerprint density at radius 1 is 1.29 bits per heavy atom. The number of rotatable bonds is 3. The molecule has 0 radical (unpaired) electrons. The van der Waals surface area contributed by atoms with Crippen LogP contribution in [0.2, 0.25) is 0 Å².